The fourth-order valence-electron chi connectivity index (χ4n) is 3.76. The van der Waals surface area contributed by atoms with Crippen molar-refractivity contribution in [3.63, 3.8) is 0 Å². The summed E-state index contributed by atoms with van der Waals surface area (Å²) >= 11 is 0. The first-order valence-electron chi connectivity index (χ1n) is 10.4. The smallest absolute Gasteiger partial charge is 0.419 e. The van der Waals surface area contributed by atoms with Crippen molar-refractivity contribution in [3.05, 3.63) is 58.3 Å². The van der Waals surface area contributed by atoms with Crippen LogP contribution in [-0.2, 0) is 6.54 Å². The first-order chi connectivity index (χ1) is 15.5. The van der Waals surface area contributed by atoms with E-state index in [1.165, 1.54) is 25.0 Å². The van der Waals surface area contributed by atoms with Crippen LogP contribution in [-0.4, -0.2) is 36.2 Å². The second-order valence-corrected chi connectivity index (χ2v) is 7.20. The molecule has 2 aromatic carbocycles. The summed E-state index contributed by atoms with van der Waals surface area (Å²) in [4.78, 5) is 29.9. The van der Waals surface area contributed by atoms with Gasteiger partial charge in [0, 0.05) is 35.5 Å². The fourth-order valence-corrected chi connectivity index (χ4v) is 3.76. The highest BCUT2D eigenvalue weighted by Crippen LogP contribution is 2.39. The van der Waals surface area contributed by atoms with Gasteiger partial charge in [0.25, 0.3) is 0 Å². The molecule has 0 atom stereocenters. The summed E-state index contributed by atoms with van der Waals surface area (Å²) in [6.45, 7) is 4.84. The lowest BCUT2D eigenvalue weighted by Gasteiger charge is -2.16. The molecule has 4 rings (SSSR count). The van der Waals surface area contributed by atoms with Crippen molar-refractivity contribution in [2.75, 3.05) is 20.8 Å². The van der Waals surface area contributed by atoms with Gasteiger partial charge in [0.2, 0.25) is 5.75 Å². The Balaban J connectivity index is 0.00000306. The van der Waals surface area contributed by atoms with Crippen molar-refractivity contribution >= 4 is 40.1 Å². The third-order valence-corrected chi connectivity index (χ3v) is 5.31. The molecule has 0 amide bonds. The lowest BCUT2D eigenvalue weighted by atomic mass is 9.98. The number of hydrogen-bond acceptors (Lipinski definition) is 7. The number of rotatable bonds is 8. The Kier molecular flexibility index (Phi) is 7.28. The zero-order valence-corrected chi connectivity index (χ0v) is 19.7. The van der Waals surface area contributed by atoms with Gasteiger partial charge in [-0.15, -0.1) is 12.4 Å². The topological polar surface area (TPSA) is 92.8 Å². The number of hydrogen-bond donors (Lipinski definition) is 0. The molecule has 0 spiro atoms. The van der Waals surface area contributed by atoms with E-state index in [4.69, 9.17) is 18.6 Å². The van der Waals surface area contributed by atoms with E-state index in [-0.39, 0.29) is 18.2 Å². The third kappa shape index (κ3) is 4.14. The number of oxazole rings is 1. The molecule has 0 saturated carbocycles. The maximum Gasteiger partial charge on any atom is 0.419 e. The first-order valence-corrected chi connectivity index (χ1v) is 10.4. The van der Waals surface area contributed by atoms with Crippen molar-refractivity contribution in [1.82, 2.24) is 9.55 Å². The number of aryl methyl sites for hydroxylation is 1. The van der Waals surface area contributed by atoms with Crippen LogP contribution >= 0.6 is 12.4 Å². The SMILES string of the molecule is CCCOc1c(OC)cc(C(=O)c2cncc3c2ccc2c3oc(=O)n2CC)cc1OC.Cl. The minimum atomic E-state index is -0.441. The Labute approximate surface area is 196 Å². The largest absolute Gasteiger partial charge is 0.493 e. The van der Waals surface area contributed by atoms with Gasteiger partial charge in [-0.1, -0.05) is 13.0 Å². The maximum atomic E-state index is 13.5. The summed E-state index contributed by atoms with van der Waals surface area (Å²) in [5.74, 6) is 0.557. The molecule has 0 aliphatic carbocycles. The zero-order chi connectivity index (χ0) is 22.8. The molecule has 174 valence electrons. The van der Waals surface area contributed by atoms with Crippen molar-refractivity contribution in [2.45, 2.75) is 26.8 Å². The van der Waals surface area contributed by atoms with Gasteiger partial charge in [-0.25, -0.2) is 4.79 Å². The number of aromatic nitrogens is 2. The Hall–Kier alpha value is -3.52. The van der Waals surface area contributed by atoms with Crippen molar-refractivity contribution in [2.24, 2.45) is 0 Å². The number of methoxy groups -OCH3 is 2. The number of carbonyl (C=O) groups is 1. The minimum absolute atomic E-state index is 0. The second kappa shape index (κ2) is 9.95. The van der Waals surface area contributed by atoms with Crippen LogP contribution in [0.3, 0.4) is 0 Å². The number of ketones is 1. The van der Waals surface area contributed by atoms with Crippen molar-refractivity contribution in [1.29, 1.82) is 0 Å². The van der Waals surface area contributed by atoms with Gasteiger partial charge in [-0.2, -0.15) is 0 Å². The molecule has 9 heteroatoms. The van der Waals surface area contributed by atoms with Crippen molar-refractivity contribution in [3.8, 4) is 17.2 Å². The molecule has 33 heavy (non-hydrogen) atoms. The zero-order valence-electron chi connectivity index (χ0n) is 18.8. The van der Waals surface area contributed by atoms with Crippen LogP contribution in [0.15, 0.2) is 45.9 Å². The molecule has 4 aromatic rings. The van der Waals surface area contributed by atoms with Gasteiger partial charge in [0.15, 0.2) is 22.9 Å². The van der Waals surface area contributed by atoms with Crippen LogP contribution in [0, 0.1) is 0 Å². The van der Waals surface area contributed by atoms with Gasteiger partial charge in [0.1, 0.15) is 0 Å². The molecular formula is C24H25ClN2O6. The van der Waals surface area contributed by atoms with Gasteiger partial charge in [0.05, 0.1) is 26.3 Å². The number of carbonyl (C=O) groups excluding carboxylic acids is 1. The molecule has 8 nitrogen and oxygen atoms in total. The molecule has 0 saturated heterocycles. The van der Waals surface area contributed by atoms with Crippen LogP contribution in [0.2, 0.25) is 0 Å². The van der Waals surface area contributed by atoms with Gasteiger partial charge >= 0.3 is 5.76 Å². The van der Waals surface area contributed by atoms with Crippen LogP contribution in [0.25, 0.3) is 21.9 Å². The molecule has 0 N–H and O–H groups in total. The highest BCUT2D eigenvalue weighted by molar-refractivity contribution is 6.19. The predicted octanol–water partition coefficient (Wildman–Crippen LogP) is 4.62. The quantitative estimate of drug-likeness (QED) is 0.345. The Morgan fingerprint density at radius 3 is 2.36 bits per heavy atom. The lowest BCUT2D eigenvalue weighted by molar-refractivity contribution is 0.103. The standard InChI is InChI=1S/C24H24N2O6.ClH/c1-5-9-31-23-19(29-3)10-14(11-20(23)30-4)21(27)16-12-25-13-17-15(16)7-8-18-22(17)32-24(28)26(18)6-2;/h7-8,10-13H,5-6,9H2,1-4H3;1H. The summed E-state index contributed by atoms with van der Waals surface area (Å²) in [7, 11) is 3.02. The number of pyridine rings is 1. The highest BCUT2D eigenvalue weighted by Gasteiger charge is 2.21. The van der Waals surface area contributed by atoms with Gasteiger partial charge in [-0.3, -0.25) is 14.3 Å². The number of nitrogens with zero attached hydrogens (tertiary/aromatic N) is 2. The highest BCUT2D eigenvalue weighted by atomic mass is 35.5. The average Bonchev–Trinajstić information content (AvgIpc) is 3.16. The molecule has 2 heterocycles. The molecule has 0 unspecified atom stereocenters. The number of ether oxygens (including phenoxy) is 3. The maximum absolute atomic E-state index is 13.5. The summed E-state index contributed by atoms with van der Waals surface area (Å²) in [5, 5.41) is 1.23. The predicted molar refractivity (Wildman–Crippen MR) is 127 cm³/mol. The summed E-state index contributed by atoms with van der Waals surface area (Å²) < 4.78 is 23.7. The summed E-state index contributed by atoms with van der Waals surface area (Å²) in [6, 6.07) is 6.84. The summed E-state index contributed by atoms with van der Waals surface area (Å²) in [6.07, 6.45) is 3.92. The molecule has 0 bridgehead atoms. The molecule has 0 aliphatic heterocycles. The Bertz CT molecular complexity index is 1350. The molecule has 0 aliphatic rings. The average molecular weight is 473 g/mol. The van der Waals surface area contributed by atoms with Crippen LogP contribution in [0.5, 0.6) is 17.2 Å². The Morgan fingerprint density at radius 1 is 1.06 bits per heavy atom. The molecule has 0 radical (unpaired) electrons. The number of benzene rings is 2. The fraction of sp³-hybridized carbons (Fsp3) is 0.292. The van der Waals surface area contributed by atoms with Crippen molar-refractivity contribution < 1.29 is 23.4 Å². The van der Waals surface area contributed by atoms with E-state index in [9.17, 15) is 9.59 Å². The molecule has 2 aromatic heterocycles. The normalized spacial score (nSPS) is 10.8. The van der Waals surface area contributed by atoms with E-state index >= 15 is 0 Å². The van der Waals surface area contributed by atoms with Gasteiger partial charge in [-0.05, 0) is 36.9 Å². The second-order valence-electron chi connectivity index (χ2n) is 7.20. The molecular weight excluding hydrogens is 448 g/mol. The third-order valence-electron chi connectivity index (χ3n) is 5.31. The van der Waals surface area contributed by atoms with E-state index in [1.54, 1.807) is 30.5 Å². The minimum Gasteiger partial charge on any atom is -0.493 e. The van der Waals surface area contributed by atoms with Gasteiger partial charge < -0.3 is 18.6 Å². The first kappa shape index (κ1) is 24.1. The molecule has 0 fully saturated rings. The number of halogens is 1. The van der Waals surface area contributed by atoms with E-state index in [1.807, 2.05) is 13.8 Å². The monoisotopic (exact) mass is 472 g/mol. The van der Waals surface area contributed by atoms with Crippen LogP contribution in [0.1, 0.15) is 36.2 Å². The van der Waals surface area contributed by atoms with Crippen LogP contribution < -0.4 is 20.0 Å². The lowest BCUT2D eigenvalue weighted by Crippen LogP contribution is -2.11. The van der Waals surface area contributed by atoms with Crippen LogP contribution in [0.4, 0.5) is 0 Å². The van der Waals surface area contributed by atoms with E-state index in [0.29, 0.717) is 63.4 Å². The van der Waals surface area contributed by atoms with E-state index in [0.717, 1.165) is 6.42 Å². The Morgan fingerprint density at radius 2 is 1.76 bits per heavy atom. The summed E-state index contributed by atoms with van der Waals surface area (Å²) in [5.41, 5.74) is 1.82. The van der Waals surface area contributed by atoms with E-state index < -0.39 is 5.76 Å². The number of fused-ring (bicyclic) bond motifs is 3. The van der Waals surface area contributed by atoms with E-state index in [2.05, 4.69) is 4.98 Å².